The van der Waals surface area contributed by atoms with Gasteiger partial charge in [0.05, 0.1) is 23.4 Å². The highest BCUT2D eigenvalue weighted by molar-refractivity contribution is 5.92. The molecule has 32 heavy (non-hydrogen) atoms. The van der Waals surface area contributed by atoms with Crippen molar-refractivity contribution >= 4 is 10.9 Å². The Labute approximate surface area is 194 Å². The topological polar surface area (TPSA) is 53.4 Å². The fourth-order valence-corrected chi connectivity index (χ4v) is 3.97. The summed E-state index contributed by atoms with van der Waals surface area (Å²) in [6, 6.07) is 33.8. The van der Waals surface area contributed by atoms with Crippen LogP contribution in [0.15, 0.2) is 103 Å². The number of quaternary nitrogens is 1. The van der Waals surface area contributed by atoms with Gasteiger partial charge in [-0.3, -0.25) is 4.98 Å². The second-order valence-corrected chi connectivity index (χ2v) is 7.68. The lowest BCUT2D eigenvalue weighted by molar-refractivity contribution is -0.386. The fourth-order valence-electron chi connectivity index (χ4n) is 3.97. The molecule has 0 bridgehead atoms. The molecular weight excluding hydrogens is 414 g/mol. The molecule has 0 fully saturated rings. The molecular formula is C28H24ClN3. The van der Waals surface area contributed by atoms with Gasteiger partial charge in [-0.1, -0.05) is 84.9 Å². The van der Waals surface area contributed by atoms with Gasteiger partial charge in [0.1, 0.15) is 0 Å². The molecule has 0 spiro atoms. The maximum absolute atomic E-state index is 5.12. The van der Waals surface area contributed by atoms with Crippen LogP contribution < -0.4 is 18.1 Å². The number of benzene rings is 3. The first-order valence-corrected chi connectivity index (χ1v) is 10.6. The third-order valence-electron chi connectivity index (χ3n) is 5.64. The fraction of sp³-hybridized carbons (Fsp3) is 0.0714. The molecule has 158 valence electrons. The number of fused-ring (bicyclic) bond motifs is 1. The van der Waals surface area contributed by atoms with Crippen LogP contribution in [0, 0.1) is 0 Å². The summed E-state index contributed by atoms with van der Waals surface area (Å²) in [6.07, 6.45) is 2.65. The molecule has 0 atom stereocenters. The van der Waals surface area contributed by atoms with Gasteiger partial charge in [0.2, 0.25) is 0 Å². The Morgan fingerprint density at radius 2 is 1.38 bits per heavy atom. The Hall–Kier alpha value is -3.53. The average molecular weight is 438 g/mol. The zero-order valence-corrected chi connectivity index (χ0v) is 18.5. The van der Waals surface area contributed by atoms with Crippen LogP contribution in [0.2, 0.25) is 0 Å². The molecule has 0 saturated heterocycles. The molecule has 5 aromatic rings. The summed E-state index contributed by atoms with van der Waals surface area (Å²) in [5, 5.41) is 1.10. The predicted octanol–water partition coefficient (Wildman–Crippen LogP) is 2.30. The van der Waals surface area contributed by atoms with Crippen LogP contribution in [0.1, 0.15) is 16.8 Å². The highest BCUT2D eigenvalue weighted by atomic mass is 35.5. The minimum atomic E-state index is 0. The Balaban J connectivity index is 0.00000245. The van der Waals surface area contributed by atoms with Gasteiger partial charge in [0, 0.05) is 34.7 Å². The summed E-state index contributed by atoms with van der Waals surface area (Å²) >= 11 is 0. The van der Waals surface area contributed by atoms with E-state index in [9.17, 15) is 0 Å². The Morgan fingerprint density at radius 3 is 2.06 bits per heavy atom. The second-order valence-electron chi connectivity index (χ2n) is 7.68. The Morgan fingerprint density at radius 1 is 0.688 bits per heavy atom. The van der Waals surface area contributed by atoms with Gasteiger partial charge in [-0.2, -0.15) is 0 Å². The lowest BCUT2D eigenvalue weighted by Gasteiger charge is -2.14. The molecule has 2 aromatic heterocycles. The van der Waals surface area contributed by atoms with E-state index >= 15 is 0 Å². The third-order valence-corrected chi connectivity index (χ3v) is 5.64. The zero-order valence-electron chi connectivity index (χ0n) is 17.7. The van der Waals surface area contributed by atoms with E-state index in [2.05, 4.69) is 84.6 Å². The Bertz CT molecular complexity index is 1320. The molecule has 0 unspecified atom stereocenters. The summed E-state index contributed by atoms with van der Waals surface area (Å²) < 4.78 is 0. The van der Waals surface area contributed by atoms with Gasteiger partial charge in [-0.15, -0.1) is 0 Å². The lowest BCUT2D eigenvalue weighted by atomic mass is 9.96. The number of aromatic nitrogens is 2. The van der Waals surface area contributed by atoms with Crippen LogP contribution in [-0.4, -0.2) is 9.97 Å². The zero-order chi connectivity index (χ0) is 21.0. The first-order chi connectivity index (χ1) is 15.3. The van der Waals surface area contributed by atoms with Crippen LogP contribution in [-0.2, 0) is 13.0 Å². The minimum absolute atomic E-state index is 0. The molecule has 0 saturated carbocycles. The molecule has 0 aliphatic heterocycles. The number of hydrogen-bond acceptors (Lipinski definition) is 2. The van der Waals surface area contributed by atoms with Crippen LogP contribution in [0.5, 0.6) is 0 Å². The standard InChI is InChI=1S/C28H23N3.ClH/c29-19-21-11-13-23(14-12-21)28-24(22-9-5-2-6-10-22)18-25-26(31-28)15-16-30-27(25)17-20-7-3-1-4-8-20;/h1-16,18H,17,19,29H2;1H. The molecule has 4 heteroatoms. The van der Waals surface area contributed by atoms with Crippen molar-refractivity contribution in [3.8, 4) is 22.4 Å². The maximum Gasteiger partial charge on any atom is 0.0997 e. The van der Waals surface area contributed by atoms with E-state index in [0.717, 1.165) is 51.9 Å². The summed E-state index contributed by atoms with van der Waals surface area (Å²) in [4.78, 5) is 9.84. The highest BCUT2D eigenvalue weighted by Gasteiger charge is 2.14. The van der Waals surface area contributed by atoms with Crippen LogP contribution >= 0.6 is 0 Å². The van der Waals surface area contributed by atoms with Gasteiger partial charge < -0.3 is 18.1 Å². The highest BCUT2D eigenvalue weighted by Crippen LogP contribution is 2.34. The van der Waals surface area contributed by atoms with E-state index < -0.39 is 0 Å². The van der Waals surface area contributed by atoms with Gasteiger partial charge in [-0.05, 0) is 23.3 Å². The van der Waals surface area contributed by atoms with Gasteiger partial charge >= 0.3 is 0 Å². The minimum Gasteiger partial charge on any atom is -1.00 e. The van der Waals surface area contributed by atoms with Crippen molar-refractivity contribution in [2.75, 3.05) is 0 Å². The smallest absolute Gasteiger partial charge is 0.0997 e. The summed E-state index contributed by atoms with van der Waals surface area (Å²) in [7, 11) is 0. The maximum atomic E-state index is 5.12. The van der Waals surface area contributed by atoms with Crippen LogP contribution in [0.3, 0.4) is 0 Å². The van der Waals surface area contributed by atoms with Crippen molar-refractivity contribution in [1.82, 2.24) is 9.97 Å². The molecule has 3 aromatic carbocycles. The monoisotopic (exact) mass is 437 g/mol. The summed E-state index contributed by atoms with van der Waals surface area (Å²) in [6.45, 7) is 0.783. The molecule has 3 nitrogen and oxygen atoms in total. The van der Waals surface area contributed by atoms with Crippen LogP contribution in [0.25, 0.3) is 33.3 Å². The van der Waals surface area contributed by atoms with Crippen molar-refractivity contribution in [2.45, 2.75) is 13.0 Å². The average Bonchev–Trinajstić information content (AvgIpc) is 2.85. The van der Waals surface area contributed by atoms with Crippen molar-refractivity contribution in [3.63, 3.8) is 0 Å². The van der Waals surface area contributed by atoms with Crippen molar-refractivity contribution in [3.05, 3.63) is 120 Å². The molecule has 3 N–H and O–H groups in total. The number of rotatable bonds is 5. The predicted molar refractivity (Wildman–Crippen MR) is 126 cm³/mol. The quantitative estimate of drug-likeness (QED) is 0.458. The summed E-state index contributed by atoms with van der Waals surface area (Å²) in [5.41, 5.74) is 12.9. The Kier molecular flexibility index (Phi) is 6.60. The number of nitrogens with zero attached hydrogens (tertiary/aromatic N) is 2. The lowest BCUT2D eigenvalue weighted by Crippen LogP contribution is -3.00. The first kappa shape index (κ1) is 21.7. The summed E-state index contributed by atoms with van der Waals surface area (Å²) in [5.74, 6) is 0. The largest absolute Gasteiger partial charge is 1.00 e. The third kappa shape index (κ3) is 4.40. The SMILES string of the molecule is [Cl-].[NH3+]Cc1ccc(-c2nc3ccnc(Cc4ccccc4)c3cc2-c2ccccc2)cc1. The van der Waals surface area contributed by atoms with E-state index in [-0.39, 0.29) is 12.4 Å². The first-order valence-electron chi connectivity index (χ1n) is 10.6. The van der Waals surface area contributed by atoms with Crippen molar-refractivity contribution in [2.24, 2.45) is 0 Å². The normalized spacial score (nSPS) is 10.7. The van der Waals surface area contributed by atoms with Gasteiger partial charge in [-0.25, -0.2) is 4.98 Å². The van der Waals surface area contributed by atoms with Crippen LogP contribution in [0.4, 0.5) is 0 Å². The van der Waals surface area contributed by atoms with E-state index in [0.29, 0.717) is 0 Å². The van der Waals surface area contributed by atoms with E-state index in [1.807, 2.05) is 24.4 Å². The second kappa shape index (κ2) is 9.73. The van der Waals surface area contributed by atoms with E-state index in [1.165, 1.54) is 11.1 Å². The number of hydrogen-bond donors (Lipinski definition) is 1. The van der Waals surface area contributed by atoms with E-state index in [1.54, 1.807) is 0 Å². The van der Waals surface area contributed by atoms with Crippen molar-refractivity contribution in [1.29, 1.82) is 0 Å². The van der Waals surface area contributed by atoms with Gasteiger partial charge in [0.25, 0.3) is 0 Å². The molecule has 5 rings (SSSR count). The number of halogens is 1. The molecule has 2 heterocycles. The molecule has 0 amide bonds. The molecule has 0 aliphatic carbocycles. The van der Waals surface area contributed by atoms with Crippen molar-refractivity contribution < 1.29 is 18.1 Å². The molecule has 0 radical (unpaired) electrons. The number of pyridine rings is 2. The van der Waals surface area contributed by atoms with E-state index in [4.69, 9.17) is 9.97 Å². The molecule has 0 aliphatic rings. The van der Waals surface area contributed by atoms with Gasteiger partial charge in [0.15, 0.2) is 0 Å².